The first-order valence-electron chi connectivity index (χ1n) is 11.2. The zero-order valence-electron chi connectivity index (χ0n) is 19.3. The molecule has 0 spiro atoms. The van der Waals surface area contributed by atoms with Gasteiger partial charge in [-0.3, -0.25) is 14.4 Å². The number of amides is 1. The van der Waals surface area contributed by atoms with Crippen LogP contribution in [-0.4, -0.2) is 11.9 Å². The second-order valence-electron chi connectivity index (χ2n) is 7.84. The summed E-state index contributed by atoms with van der Waals surface area (Å²) in [5.74, 6) is -0.467. The number of halogens is 1. The summed E-state index contributed by atoms with van der Waals surface area (Å²) < 4.78 is 11.1. The molecular weight excluding hydrogens is 442 g/mol. The highest BCUT2D eigenvalue weighted by molar-refractivity contribution is 6.31. The van der Waals surface area contributed by atoms with Crippen molar-refractivity contribution in [3.8, 4) is 5.75 Å². The Kier molecular flexibility index (Phi) is 7.92. The molecule has 3 aromatic rings. The molecule has 7 heteroatoms. The third-order valence-electron chi connectivity index (χ3n) is 5.45. The van der Waals surface area contributed by atoms with Crippen LogP contribution in [0.25, 0.3) is 11.0 Å². The number of hydrogen-bond donors (Lipinski definition) is 1. The van der Waals surface area contributed by atoms with E-state index >= 15 is 0 Å². The first-order chi connectivity index (χ1) is 15.8. The van der Waals surface area contributed by atoms with Gasteiger partial charge in [0.05, 0.1) is 5.39 Å². The smallest absolute Gasteiger partial charge is 0.308 e. The van der Waals surface area contributed by atoms with Crippen LogP contribution in [0, 0.1) is 0 Å². The number of aryl methyl sites for hydroxylation is 3. The number of ether oxygens (including phenoxy) is 1. The summed E-state index contributed by atoms with van der Waals surface area (Å²) in [6, 6.07) is 8.21. The molecule has 174 valence electrons. The van der Waals surface area contributed by atoms with E-state index in [9.17, 15) is 14.4 Å². The van der Waals surface area contributed by atoms with Gasteiger partial charge in [-0.1, -0.05) is 38.8 Å². The van der Waals surface area contributed by atoms with Crippen molar-refractivity contribution in [3.05, 3.63) is 68.0 Å². The highest BCUT2D eigenvalue weighted by atomic mass is 35.5. The number of anilines is 1. The molecule has 33 heavy (non-hydrogen) atoms. The molecule has 0 bridgehead atoms. The minimum Gasteiger partial charge on any atom is -0.460 e. The van der Waals surface area contributed by atoms with Crippen molar-refractivity contribution < 1.29 is 18.7 Å². The summed E-state index contributed by atoms with van der Waals surface area (Å²) >= 11 is 6.24. The van der Waals surface area contributed by atoms with Gasteiger partial charge < -0.3 is 14.5 Å². The highest BCUT2D eigenvalue weighted by Gasteiger charge is 2.23. The fraction of sp³-hybridized carbons (Fsp3) is 0.346. The summed E-state index contributed by atoms with van der Waals surface area (Å²) in [5.41, 5.74) is 2.31. The van der Waals surface area contributed by atoms with Gasteiger partial charge in [-0.25, -0.2) is 0 Å². The number of carbonyl (C=O) groups excluding carboxylic acids is 2. The number of esters is 1. The topological polar surface area (TPSA) is 85.6 Å². The van der Waals surface area contributed by atoms with Gasteiger partial charge in [-0.05, 0) is 60.7 Å². The lowest BCUT2D eigenvalue weighted by molar-refractivity contribution is -0.131. The predicted molar refractivity (Wildman–Crippen MR) is 131 cm³/mol. The average molecular weight is 470 g/mol. The third-order valence-corrected chi connectivity index (χ3v) is 5.67. The van der Waals surface area contributed by atoms with Crippen LogP contribution >= 0.6 is 11.6 Å². The van der Waals surface area contributed by atoms with E-state index in [1.807, 2.05) is 32.9 Å². The predicted octanol–water partition coefficient (Wildman–Crippen LogP) is 6.09. The van der Waals surface area contributed by atoms with E-state index in [4.69, 9.17) is 20.8 Å². The van der Waals surface area contributed by atoms with E-state index in [0.29, 0.717) is 41.3 Å². The van der Waals surface area contributed by atoms with Gasteiger partial charge >= 0.3 is 5.97 Å². The van der Waals surface area contributed by atoms with Gasteiger partial charge in [0.25, 0.3) is 5.91 Å². The fourth-order valence-electron chi connectivity index (χ4n) is 3.81. The molecule has 0 unspecified atom stereocenters. The molecule has 0 aliphatic carbocycles. The molecule has 0 saturated carbocycles. The summed E-state index contributed by atoms with van der Waals surface area (Å²) in [5, 5.41) is 3.74. The van der Waals surface area contributed by atoms with E-state index in [1.165, 1.54) is 13.0 Å². The number of fused-ring (bicyclic) bond motifs is 1. The van der Waals surface area contributed by atoms with E-state index in [1.54, 1.807) is 12.1 Å². The Morgan fingerprint density at radius 3 is 2.30 bits per heavy atom. The first kappa shape index (κ1) is 24.5. The Morgan fingerprint density at radius 1 is 1.06 bits per heavy atom. The maximum Gasteiger partial charge on any atom is 0.308 e. The minimum absolute atomic E-state index is 0.0324. The Bertz CT molecular complexity index is 1240. The molecule has 0 atom stereocenters. The molecule has 6 nitrogen and oxygen atoms in total. The molecule has 0 fully saturated rings. The lowest BCUT2D eigenvalue weighted by atomic mass is 10.0. The monoisotopic (exact) mass is 469 g/mol. The molecule has 1 N–H and O–H groups in total. The molecule has 1 amide bonds. The lowest BCUT2D eigenvalue weighted by Crippen LogP contribution is -2.25. The van der Waals surface area contributed by atoms with E-state index in [0.717, 1.165) is 24.0 Å². The summed E-state index contributed by atoms with van der Waals surface area (Å²) in [4.78, 5) is 38.3. The van der Waals surface area contributed by atoms with Gasteiger partial charge in [-0.2, -0.15) is 0 Å². The quantitative estimate of drug-likeness (QED) is 0.318. The average Bonchev–Trinajstić information content (AvgIpc) is 2.78. The number of benzene rings is 2. The van der Waals surface area contributed by atoms with Crippen LogP contribution in [0.4, 0.5) is 5.69 Å². The number of carbonyl (C=O) groups is 2. The fourth-order valence-corrected chi connectivity index (χ4v) is 4.08. The van der Waals surface area contributed by atoms with Gasteiger partial charge in [0.1, 0.15) is 22.7 Å². The Labute approximate surface area is 197 Å². The largest absolute Gasteiger partial charge is 0.460 e. The number of rotatable bonds is 8. The Balaban J connectivity index is 2.15. The van der Waals surface area contributed by atoms with Crippen LogP contribution in [0.15, 0.2) is 39.5 Å². The molecule has 1 heterocycles. The van der Waals surface area contributed by atoms with Crippen LogP contribution in [0.3, 0.4) is 0 Å². The van der Waals surface area contributed by atoms with Gasteiger partial charge in [0, 0.05) is 24.1 Å². The maximum absolute atomic E-state index is 13.5. The summed E-state index contributed by atoms with van der Waals surface area (Å²) in [6.07, 6.45) is 3.44. The standard InChI is InChI=1S/C26H28ClNO5/c1-5-8-9-22-23(25(30)20-14-19(32-15(4)29)10-11-21(20)33-22)26(31)28-24-16(6-2)12-18(27)13-17(24)7-3/h10-14H,5-9H2,1-4H3,(H,28,31). The number of hydrogen-bond acceptors (Lipinski definition) is 5. The zero-order valence-corrected chi connectivity index (χ0v) is 20.1. The van der Waals surface area contributed by atoms with Crippen molar-refractivity contribution >= 4 is 40.1 Å². The van der Waals surface area contributed by atoms with E-state index in [-0.39, 0.29) is 16.7 Å². The van der Waals surface area contributed by atoms with Crippen LogP contribution < -0.4 is 15.5 Å². The lowest BCUT2D eigenvalue weighted by Gasteiger charge is -2.16. The normalized spacial score (nSPS) is 10.9. The van der Waals surface area contributed by atoms with Crippen LogP contribution in [-0.2, 0) is 24.1 Å². The molecule has 3 rings (SSSR count). The van der Waals surface area contributed by atoms with Gasteiger partial charge in [0.2, 0.25) is 5.43 Å². The number of nitrogens with one attached hydrogen (secondary N) is 1. The van der Waals surface area contributed by atoms with Crippen molar-refractivity contribution in [1.29, 1.82) is 0 Å². The SMILES string of the molecule is CCCCc1oc2ccc(OC(C)=O)cc2c(=O)c1C(=O)Nc1c(CC)cc(Cl)cc1CC. The Hall–Kier alpha value is -3.12. The van der Waals surface area contributed by atoms with Crippen molar-refractivity contribution in [2.24, 2.45) is 0 Å². The molecule has 0 aliphatic rings. The first-order valence-corrected chi connectivity index (χ1v) is 11.6. The van der Waals surface area contributed by atoms with Crippen molar-refractivity contribution in [2.45, 2.75) is 59.8 Å². The van der Waals surface area contributed by atoms with Crippen LogP contribution in [0.2, 0.25) is 5.02 Å². The highest BCUT2D eigenvalue weighted by Crippen LogP contribution is 2.29. The second kappa shape index (κ2) is 10.7. The van der Waals surface area contributed by atoms with Gasteiger partial charge in [-0.15, -0.1) is 0 Å². The Morgan fingerprint density at radius 2 is 1.73 bits per heavy atom. The summed E-state index contributed by atoms with van der Waals surface area (Å²) in [6.45, 7) is 7.27. The zero-order chi connectivity index (χ0) is 24.1. The van der Waals surface area contributed by atoms with Crippen molar-refractivity contribution in [2.75, 3.05) is 5.32 Å². The minimum atomic E-state index is -0.527. The number of unbranched alkanes of at least 4 members (excludes halogenated alkanes) is 1. The summed E-state index contributed by atoms with van der Waals surface area (Å²) in [7, 11) is 0. The van der Waals surface area contributed by atoms with Crippen LogP contribution in [0.1, 0.15) is 67.8 Å². The van der Waals surface area contributed by atoms with Crippen molar-refractivity contribution in [3.63, 3.8) is 0 Å². The third kappa shape index (κ3) is 5.45. The maximum atomic E-state index is 13.5. The molecule has 0 radical (unpaired) electrons. The van der Waals surface area contributed by atoms with Crippen LogP contribution in [0.5, 0.6) is 5.75 Å². The molecule has 0 saturated heterocycles. The second-order valence-corrected chi connectivity index (χ2v) is 8.28. The molecule has 0 aliphatic heterocycles. The van der Waals surface area contributed by atoms with E-state index in [2.05, 4.69) is 5.32 Å². The molecule has 1 aromatic heterocycles. The van der Waals surface area contributed by atoms with Crippen molar-refractivity contribution in [1.82, 2.24) is 0 Å². The molecule has 2 aromatic carbocycles. The van der Waals surface area contributed by atoms with Gasteiger partial charge in [0.15, 0.2) is 0 Å². The molecular formula is C26H28ClNO5. The van der Waals surface area contributed by atoms with E-state index < -0.39 is 17.3 Å².